The molecule has 1 saturated heterocycles. The zero-order valence-electron chi connectivity index (χ0n) is 19.6. The van der Waals surface area contributed by atoms with Gasteiger partial charge in [-0.2, -0.15) is 0 Å². The third-order valence-electron chi connectivity index (χ3n) is 6.89. The highest BCUT2D eigenvalue weighted by Gasteiger charge is 2.27. The molecule has 6 heteroatoms. The summed E-state index contributed by atoms with van der Waals surface area (Å²) in [4.78, 5) is 4.96. The standard InChI is InChI=1S/C26H38N4O2/c1-21(29-16-14-28(15-17-29)19-23-13-18-31-20-23)26(32-25-11-7-4-8-12-25)22(2)30(27)24-9-5-3-6-10-24/h3,5-6,9-10,13,18,20,22,25H,4,7-8,11-12,14-17,19,27H2,1-2H3/b26-21-/t22-/m0/s1. The average molecular weight is 439 g/mol. The van der Waals surface area contributed by atoms with Gasteiger partial charge in [0.2, 0.25) is 0 Å². The van der Waals surface area contributed by atoms with E-state index in [4.69, 9.17) is 15.0 Å². The first-order valence-electron chi connectivity index (χ1n) is 12.1. The van der Waals surface area contributed by atoms with Crippen LogP contribution in [-0.4, -0.2) is 48.1 Å². The zero-order valence-corrected chi connectivity index (χ0v) is 19.6. The number of ether oxygens (including phenoxy) is 1. The van der Waals surface area contributed by atoms with Crippen molar-refractivity contribution in [2.24, 2.45) is 5.84 Å². The first-order chi connectivity index (χ1) is 15.6. The van der Waals surface area contributed by atoms with Crippen molar-refractivity contribution in [1.29, 1.82) is 0 Å². The van der Waals surface area contributed by atoms with Crippen molar-refractivity contribution in [2.75, 3.05) is 31.2 Å². The van der Waals surface area contributed by atoms with Crippen molar-refractivity contribution in [3.8, 4) is 0 Å². The largest absolute Gasteiger partial charge is 0.491 e. The molecule has 2 aliphatic rings. The van der Waals surface area contributed by atoms with Gasteiger partial charge in [0.15, 0.2) is 0 Å². The van der Waals surface area contributed by atoms with Gasteiger partial charge in [-0.05, 0) is 57.7 Å². The van der Waals surface area contributed by atoms with E-state index in [1.54, 1.807) is 6.26 Å². The molecule has 1 atom stereocenters. The maximum absolute atomic E-state index is 6.71. The number of anilines is 1. The molecule has 2 aromatic rings. The number of allylic oxidation sites excluding steroid dienone is 1. The smallest absolute Gasteiger partial charge is 0.139 e. The van der Waals surface area contributed by atoms with Crippen molar-refractivity contribution in [3.05, 3.63) is 65.9 Å². The molecule has 1 aliphatic heterocycles. The molecule has 0 amide bonds. The minimum atomic E-state index is -0.0386. The van der Waals surface area contributed by atoms with Gasteiger partial charge in [-0.25, -0.2) is 5.84 Å². The van der Waals surface area contributed by atoms with E-state index in [0.29, 0.717) is 6.10 Å². The third-order valence-corrected chi connectivity index (χ3v) is 6.89. The molecule has 2 N–H and O–H groups in total. The van der Waals surface area contributed by atoms with Crippen LogP contribution in [0.2, 0.25) is 0 Å². The van der Waals surface area contributed by atoms with Crippen molar-refractivity contribution in [2.45, 2.75) is 64.6 Å². The van der Waals surface area contributed by atoms with Crippen LogP contribution in [0, 0.1) is 0 Å². The maximum atomic E-state index is 6.71. The van der Waals surface area contributed by atoms with Crippen molar-refractivity contribution >= 4 is 5.69 Å². The lowest BCUT2D eigenvalue weighted by molar-refractivity contribution is 0.0619. The average Bonchev–Trinajstić information content (AvgIpc) is 3.36. The Labute approximate surface area is 192 Å². The molecule has 0 bridgehead atoms. The fourth-order valence-electron chi connectivity index (χ4n) is 4.84. The molecule has 1 aliphatic carbocycles. The Balaban J connectivity index is 1.48. The molecular formula is C26H38N4O2. The highest BCUT2D eigenvalue weighted by Crippen LogP contribution is 2.29. The normalized spacial score (nSPS) is 20.0. The summed E-state index contributed by atoms with van der Waals surface area (Å²) >= 11 is 0. The molecule has 6 nitrogen and oxygen atoms in total. The highest BCUT2D eigenvalue weighted by atomic mass is 16.5. The number of rotatable bonds is 8. The number of hydrogen-bond donors (Lipinski definition) is 1. The Morgan fingerprint density at radius 2 is 1.81 bits per heavy atom. The molecule has 4 rings (SSSR count). The van der Waals surface area contributed by atoms with Gasteiger partial charge in [0.1, 0.15) is 11.8 Å². The number of furan rings is 1. The van der Waals surface area contributed by atoms with Gasteiger partial charge in [0.25, 0.3) is 0 Å². The fourth-order valence-corrected chi connectivity index (χ4v) is 4.84. The van der Waals surface area contributed by atoms with Crippen molar-refractivity contribution in [3.63, 3.8) is 0 Å². The van der Waals surface area contributed by atoms with Gasteiger partial charge < -0.3 is 19.1 Å². The fraction of sp³-hybridized carbons (Fsp3) is 0.538. The lowest BCUT2D eigenvalue weighted by Crippen LogP contribution is -2.47. The molecule has 0 unspecified atom stereocenters. The predicted molar refractivity (Wildman–Crippen MR) is 129 cm³/mol. The van der Waals surface area contributed by atoms with Crippen LogP contribution in [0.25, 0.3) is 0 Å². The first-order valence-corrected chi connectivity index (χ1v) is 12.1. The molecule has 174 valence electrons. The molecule has 1 aromatic heterocycles. The summed E-state index contributed by atoms with van der Waals surface area (Å²) in [5, 5.41) is 1.84. The van der Waals surface area contributed by atoms with Crippen LogP contribution >= 0.6 is 0 Å². The second-order valence-corrected chi connectivity index (χ2v) is 9.14. The number of benzene rings is 1. The predicted octanol–water partition coefficient (Wildman–Crippen LogP) is 4.75. The van der Waals surface area contributed by atoms with Crippen LogP contribution in [0.3, 0.4) is 0 Å². The van der Waals surface area contributed by atoms with Crippen LogP contribution in [0.15, 0.2) is 64.8 Å². The van der Waals surface area contributed by atoms with E-state index in [2.05, 4.69) is 41.8 Å². The Hall–Kier alpha value is -2.44. The summed E-state index contributed by atoms with van der Waals surface area (Å²) in [5.41, 5.74) is 3.46. The van der Waals surface area contributed by atoms with E-state index in [-0.39, 0.29) is 6.04 Å². The minimum Gasteiger partial charge on any atom is -0.491 e. The van der Waals surface area contributed by atoms with Gasteiger partial charge in [0, 0.05) is 38.3 Å². The topological polar surface area (TPSA) is 58.1 Å². The van der Waals surface area contributed by atoms with Gasteiger partial charge in [-0.15, -0.1) is 0 Å². The zero-order chi connectivity index (χ0) is 22.3. The Bertz CT molecular complexity index is 838. The van der Waals surface area contributed by atoms with E-state index >= 15 is 0 Å². The number of nitrogens with two attached hydrogens (primary N) is 1. The van der Waals surface area contributed by atoms with Gasteiger partial charge in [-0.1, -0.05) is 24.6 Å². The summed E-state index contributed by atoms with van der Waals surface area (Å²) < 4.78 is 11.9. The monoisotopic (exact) mass is 438 g/mol. The second-order valence-electron chi connectivity index (χ2n) is 9.14. The molecule has 32 heavy (non-hydrogen) atoms. The Morgan fingerprint density at radius 3 is 2.47 bits per heavy atom. The van der Waals surface area contributed by atoms with E-state index in [1.165, 1.54) is 30.5 Å². The van der Waals surface area contributed by atoms with Crippen LogP contribution in [0.5, 0.6) is 0 Å². The molecular weight excluding hydrogens is 400 g/mol. The van der Waals surface area contributed by atoms with E-state index in [0.717, 1.165) is 57.0 Å². The number of nitrogens with zero attached hydrogens (tertiary/aromatic N) is 3. The van der Waals surface area contributed by atoms with Crippen LogP contribution in [0.4, 0.5) is 5.69 Å². The number of hydrazine groups is 1. The van der Waals surface area contributed by atoms with Gasteiger partial charge in [0.05, 0.1) is 30.0 Å². The lowest BCUT2D eigenvalue weighted by atomic mass is 9.97. The molecule has 0 spiro atoms. The minimum absolute atomic E-state index is 0.0386. The molecule has 2 heterocycles. The molecule has 1 aromatic carbocycles. The number of piperazine rings is 1. The summed E-state index contributed by atoms with van der Waals surface area (Å²) in [7, 11) is 0. The van der Waals surface area contributed by atoms with E-state index < -0.39 is 0 Å². The highest BCUT2D eigenvalue weighted by molar-refractivity contribution is 5.47. The summed E-state index contributed by atoms with van der Waals surface area (Å²) in [6.07, 6.45) is 9.98. The Kier molecular flexibility index (Phi) is 7.76. The summed E-state index contributed by atoms with van der Waals surface area (Å²) in [5.74, 6) is 7.61. The molecule has 0 radical (unpaired) electrons. The number of hydrogen-bond acceptors (Lipinski definition) is 6. The maximum Gasteiger partial charge on any atom is 0.139 e. The molecule has 1 saturated carbocycles. The second kappa shape index (κ2) is 10.9. The van der Waals surface area contributed by atoms with Crippen LogP contribution < -0.4 is 10.9 Å². The van der Waals surface area contributed by atoms with E-state index in [1.807, 2.05) is 29.5 Å². The number of para-hydroxylation sites is 1. The van der Waals surface area contributed by atoms with Crippen LogP contribution in [0.1, 0.15) is 51.5 Å². The SMILES string of the molecule is C/C(=C(/OC1CCCCC1)[C@H](C)N(N)c1ccccc1)N1CCN(Cc2ccoc2)CC1. The van der Waals surface area contributed by atoms with E-state index in [9.17, 15) is 0 Å². The lowest BCUT2D eigenvalue weighted by Gasteiger charge is -2.39. The molecule has 2 fully saturated rings. The Morgan fingerprint density at radius 1 is 1.09 bits per heavy atom. The first kappa shape index (κ1) is 22.7. The van der Waals surface area contributed by atoms with Crippen LogP contribution in [-0.2, 0) is 11.3 Å². The van der Waals surface area contributed by atoms with Crippen molar-refractivity contribution < 1.29 is 9.15 Å². The van der Waals surface area contributed by atoms with Gasteiger partial charge >= 0.3 is 0 Å². The summed E-state index contributed by atoms with van der Waals surface area (Å²) in [6.45, 7) is 9.34. The van der Waals surface area contributed by atoms with Gasteiger partial charge in [-0.3, -0.25) is 4.90 Å². The van der Waals surface area contributed by atoms with Crippen molar-refractivity contribution in [1.82, 2.24) is 9.80 Å². The quantitative estimate of drug-likeness (QED) is 0.365. The summed E-state index contributed by atoms with van der Waals surface area (Å²) in [6, 6.07) is 12.2. The third kappa shape index (κ3) is 5.67.